The van der Waals surface area contributed by atoms with Crippen LogP contribution in [0.4, 0.5) is 0 Å². The third kappa shape index (κ3) is 5.14. The molecule has 2 unspecified atom stereocenters. The van der Waals surface area contributed by atoms with E-state index in [0.717, 1.165) is 0 Å². The second-order valence-corrected chi connectivity index (χ2v) is 4.05. The van der Waals surface area contributed by atoms with Gasteiger partial charge in [0.15, 0.2) is 6.10 Å². The maximum absolute atomic E-state index is 11.6. The van der Waals surface area contributed by atoms with Crippen LogP contribution in [0.5, 0.6) is 0 Å². The lowest BCUT2D eigenvalue weighted by molar-refractivity contribution is -0.148. The molecular formula is C11H19NO5. The van der Waals surface area contributed by atoms with E-state index in [1.165, 1.54) is 0 Å². The number of carboxylic acid groups (broad SMARTS) is 1. The summed E-state index contributed by atoms with van der Waals surface area (Å²) in [5.41, 5.74) is 0. The van der Waals surface area contributed by atoms with Gasteiger partial charge >= 0.3 is 5.97 Å². The fraction of sp³-hybridized carbons (Fsp3) is 0.818. The van der Waals surface area contributed by atoms with Crippen LogP contribution in [0, 0.1) is 5.92 Å². The van der Waals surface area contributed by atoms with E-state index in [1.54, 1.807) is 0 Å². The van der Waals surface area contributed by atoms with Crippen LogP contribution in [0.1, 0.15) is 19.8 Å². The van der Waals surface area contributed by atoms with Crippen molar-refractivity contribution in [2.45, 2.75) is 25.9 Å². The number of ether oxygens (including phenoxy) is 2. The summed E-state index contributed by atoms with van der Waals surface area (Å²) in [6, 6.07) is 0. The van der Waals surface area contributed by atoms with Gasteiger partial charge in [0.25, 0.3) is 5.91 Å². The Hall–Kier alpha value is -1.14. The monoisotopic (exact) mass is 245 g/mol. The van der Waals surface area contributed by atoms with E-state index >= 15 is 0 Å². The minimum atomic E-state index is -0.844. The summed E-state index contributed by atoms with van der Waals surface area (Å²) in [6.07, 6.45) is 0.221. The highest BCUT2D eigenvalue weighted by atomic mass is 16.6. The first-order valence-electron chi connectivity index (χ1n) is 5.82. The lowest BCUT2D eigenvalue weighted by Gasteiger charge is -2.23. The zero-order valence-electron chi connectivity index (χ0n) is 9.98. The predicted molar refractivity (Wildman–Crippen MR) is 59.6 cm³/mol. The zero-order chi connectivity index (χ0) is 12.7. The summed E-state index contributed by atoms with van der Waals surface area (Å²) in [7, 11) is 0. The van der Waals surface area contributed by atoms with Crippen molar-refractivity contribution in [3.05, 3.63) is 0 Å². The molecule has 2 N–H and O–H groups in total. The summed E-state index contributed by atoms with van der Waals surface area (Å²) in [6.45, 7) is 3.47. The number of carbonyl (C=O) groups is 2. The van der Waals surface area contributed by atoms with Gasteiger partial charge in [0, 0.05) is 13.0 Å². The summed E-state index contributed by atoms with van der Waals surface area (Å²) in [5.74, 6) is -1.11. The number of hydrogen-bond acceptors (Lipinski definition) is 4. The third-order valence-corrected chi connectivity index (χ3v) is 2.71. The lowest BCUT2D eigenvalue weighted by Crippen LogP contribution is -2.44. The Morgan fingerprint density at radius 1 is 1.47 bits per heavy atom. The van der Waals surface area contributed by atoms with Gasteiger partial charge in [-0.25, -0.2) is 0 Å². The Balaban J connectivity index is 2.27. The predicted octanol–water partition coefficient (Wildman–Crippen LogP) is 0.0189. The average Bonchev–Trinajstić information content (AvgIpc) is 2.34. The van der Waals surface area contributed by atoms with Crippen molar-refractivity contribution >= 4 is 11.9 Å². The molecule has 98 valence electrons. The average molecular weight is 245 g/mol. The number of carboxylic acids is 1. The third-order valence-electron chi connectivity index (χ3n) is 2.71. The van der Waals surface area contributed by atoms with E-state index in [2.05, 4.69) is 5.32 Å². The number of carbonyl (C=O) groups excluding carboxylic acids is 1. The molecule has 6 heteroatoms. The van der Waals surface area contributed by atoms with Crippen LogP contribution in [0.25, 0.3) is 0 Å². The molecule has 0 bridgehead atoms. The van der Waals surface area contributed by atoms with E-state index < -0.39 is 12.1 Å². The summed E-state index contributed by atoms with van der Waals surface area (Å²) in [5, 5.41) is 11.4. The van der Waals surface area contributed by atoms with Gasteiger partial charge in [0.2, 0.25) is 0 Å². The molecule has 0 spiro atoms. The van der Waals surface area contributed by atoms with Gasteiger partial charge in [-0.15, -0.1) is 0 Å². The van der Waals surface area contributed by atoms with Gasteiger partial charge in [-0.3, -0.25) is 9.59 Å². The van der Waals surface area contributed by atoms with Gasteiger partial charge < -0.3 is 19.9 Å². The number of amides is 1. The Kier molecular flexibility index (Phi) is 5.93. The van der Waals surface area contributed by atoms with Crippen LogP contribution < -0.4 is 5.32 Å². The second kappa shape index (κ2) is 7.24. The van der Waals surface area contributed by atoms with Crippen molar-refractivity contribution in [1.82, 2.24) is 5.32 Å². The van der Waals surface area contributed by atoms with Gasteiger partial charge in [-0.2, -0.15) is 0 Å². The van der Waals surface area contributed by atoms with Gasteiger partial charge in [-0.05, 0) is 5.92 Å². The van der Waals surface area contributed by atoms with Crippen molar-refractivity contribution in [3.8, 4) is 0 Å². The van der Waals surface area contributed by atoms with Crippen molar-refractivity contribution in [2.75, 3.05) is 26.4 Å². The van der Waals surface area contributed by atoms with Crippen LogP contribution in [-0.2, 0) is 19.1 Å². The zero-order valence-corrected chi connectivity index (χ0v) is 9.98. The Bertz CT molecular complexity index is 263. The molecule has 1 aliphatic heterocycles. The maximum Gasteiger partial charge on any atom is 0.303 e. The molecule has 6 nitrogen and oxygen atoms in total. The quantitative estimate of drug-likeness (QED) is 0.689. The number of aliphatic carboxylic acids is 1. The van der Waals surface area contributed by atoms with E-state index in [4.69, 9.17) is 14.6 Å². The number of hydrogen-bond donors (Lipinski definition) is 2. The van der Waals surface area contributed by atoms with Crippen molar-refractivity contribution in [3.63, 3.8) is 0 Å². The molecule has 0 aromatic rings. The second-order valence-electron chi connectivity index (χ2n) is 4.05. The molecule has 0 aliphatic carbocycles. The van der Waals surface area contributed by atoms with Crippen LogP contribution in [0.2, 0.25) is 0 Å². The molecule has 17 heavy (non-hydrogen) atoms. The SMILES string of the molecule is CCC(CNC(=O)C1COCCO1)CC(=O)O. The normalized spacial score (nSPS) is 21.8. The maximum atomic E-state index is 11.6. The lowest BCUT2D eigenvalue weighted by atomic mass is 10.0. The topological polar surface area (TPSA) is 84.9 Å². The number of rotatable bonds is 6. The molecule has 1 saturated heterocycles. The summed E-state index contributed by atoms with van der Waals surface area (Å²) in [4.78, 5) is 22.2. The Labute approximate surface area is 100 Å². The van der Waals surface area contributed by atoms with Crippen molar-refractivity contribution < 1.29 is 24.2 Å². The van der Waals surface area contributed by atoms with E-state index in [1.807, 2.05) is 6.92 Å². The van der Waals surface area contributed by atoms with Crippen LogP contribution in [-0.4, -0.2) is 49.5 Å². The Morgan fingerprint density at radius 2 is 2.24 bits per heavy atom. The standard InChI is InChI=1S/C11H19NO5/c1-2-8(5-10(13)14)6-12-11(15)9-7-16-3-4-17-9/h8-9H,2-7H2,1H3,(H,12,15)(H,13,14). The fourth-order valence-electron chi connectivity index (χ4n) is 1.61. The first-order valence-corrected chi connectivity index (χ1v) is 5.82. The highest BCUT2D eigenvalue weighted by Gasteiger charge is 2.23. The van der Waals surface area contributed by atoms with Gasteiger partial charge in [-0.1, -0.05) is 13.3 Å². The fourth-order valence-corrected chi connectivity index (χ4v) is 1.61. The summed E-state index contributed by atoms with van der Waals surface area (Å²) >= 11 is 0. The minimum absolute atomic E-state index is 0.0408. The van der Waals surface area contributed by atoms with Crippen molar-refractivity contribution in [1.29, 1.82) is 0 Å². The first kappa shape index (κ1) is 13.9. The highest BCUT2D eigenvalue weighted by molar-refractivity contribution is 5.81. The highest BCUT2D eigenvalue weighted by Crippen LogP contribution is 2.07. The molecular weight excluding hydrogens is 226 g/mol. The number of nitrogens with one attached hydrogen (secondary N) is 1. The molecule has 0 aromatic carbocycles. The van der Waals surface area contributed by atoms with Crippen LogP contribution in [0.15, 0.2) is 0 Å². The van der Waals surface area contributed by atoms with Crippen molar-refractivity contribution in [2.24, 2.45) is 5.92 Å². The molecule has 1 rings (SSSR count). The molecule has 0 radical (unpaired) electrons. The largest absolute Gasteiger partial charge is 0.481 e. The molecule has 1 heterocycles. The van der Waals surface area contributed by atoms with E-state index in [0.29, 0.717) is 26.2 Å². The van der Waals surface area contributed by atoms with Gasteiger partial charge in [0.05, 0.1) is 19.8 Å². The summed E-state index contributed by atoms with van der Waals surface area (Å²) < 4.78 is 10.4. The van der Waals surface area contributed by atoms with E-state index in [9.17, 15) is 9.59 Å². The molecule has 2 atom stereocenters. The minimum Gasteiger partial charge on any atom is -0.481 e. The first-order chi connectivity index (χ1) is 8.13. The molecule has 1 aliphatic rings. The van der Waals surface area contributed by atoms with E-state index in [-0.39, 0.29) is 24.9 Å². The smallest absolute Gasteiger partial charge is 0.303 e. The van der Waals surface area contributed by atoms with Crippen LogP contribution >= 0.6 is 0 Å². The molecule has 0 aromatic heterocycles. The van der Waals surface area contributed by atoms with Gasteiger partial charge in [0.1, 0.15) is 0 Å². The molecule has 1 amide bonds. The van der Waals surface area contributed by atoms with Crippen LogP contribution in [0.3, 0.4) is 0 Å². The molecule has 0 saturated carbocycles. The molecule has 1 fully saturated rings. The Morgan fingerprint density at radius 3 is 2.76 bits per heavy atom.